The average Bonchev–Trinajstić information content (AvgIpc) is 2.64. The standard InChI is InChI=1S/C15H22N2O/c1-10(2)8-9-11(3)16-14-12-6-4-5-7-13(12)17-15(14)18/h4-7,10-11,14,16H,8-9H2,1-3H3,(H,17,18). The smallest absolute Gasteiger partial charge is 0.246 e. The number of carbonyl (C=O) groups excluding carboxylic acids is 1. The van der Waals surface area contributed by atoms with Gasteiger partial charge in [-0.1, -0.05) is 32.0 Å². The average molecular weight is 246 g/mol. The van der Waals surface area contributed by atoms with Gasteiger partial charge in [-0.3, -0.25) is 10.1 Å². The van der Waals surface area contributed by atoms with E-state index in [4.69, 9.17) is 0 Å². The van der Waals surface area contributed by atoms with Crippen molar-refractivity contribution in [3.05, 3.63) is 29.8 Å². The van der Waals surface area contributed by atoms with Crippen molar-refractivity contribution in [3.63, 3.8) is 0 Å². The van der Waals surface area contributed by atoms with E-state index in [9.17, 15) is 4.79 Å². The normalized spacial score (nSPS) is 19.8. The minimum Gasteiger partial charge on any atom is -0.324 e. The number of hydrogen-bond acceptors (Lipinski definition) is 2. The van der Waals surface area contributed by atoms with E-state index in [-0.39, 0.29) is 11.9 Å². The molecule has 2 N–H and O–H groups in total. The van der Waals surface area contributed by atoms with Crippen LogP contribution in [0, 0.1) is 5.92 Å². The van der Waals surface area contributed by atoms with Gasteiger partial charge in [0.2, 0.25) is 5.91 Å². The van der Waals surface area contributed by atoms with Crippen LogP contribution < -0.4 is 10.6 Å². The van der Waals surface area contributed by atoms with Gasteiger partial charge in [-0.25, -0.2) is 0 Å². The molecule has 2 rings (SSSR count). The summed E-state index contributed by atoms with van der Waals surface area (Å²) in [5, 5.41) is 6.34. The van der Waals surface area contributed by atoms with Crippen LogP contribution >= 0.6 is 0 Å². The predicted octanol–water partition coefficient (Wildman–Crippen LogP) is 3.09. The van der Waals surface area contributed by atoms with Crippen molar-refractivity contribution in [2.75, 3.05) is 5.32 Å². The number of rotatable bonds is 5. The van der Waals surface area contributed by atoms with Crippen molar-refractivity contribution in [1.82, 2.24) is 5.32 Å². The van der Waals surface area contributed by atoms with Crippen molar-refractivity contribution in [2.24, 2.45) is 5.92 Å². The molecule has 18 heavy (non-hydrogen) atoms. The summed E-state index contributed by atoms with van der Waals surface area (Å²) in [7, 11) is 0. The fraction of sp³-hybridized carbons (Fsp3) is 0.533. The maximum Gasteiger partial charge on any atom is 0.246 e. The Kier molecular flexibility index (Phi) is 4.02. The molecule has 2 unspecified atom stereocenters. The van der Waals surface area contributed by atoms with Crippen LogP contribution in [0.2, 0.25) is 0 Å². The summed E-state index contributed by atoms with van der Waals surface area (Å²) >= 11 is 0. The monoisotopic (exact) mass is 246 g/mol. The zero-order valence-corrected chi connectivity index (χ0v) is 11.4. The third kappa shape index (κ3) is 2.91. The first-order chi connectivity index (χ1) is 8.58. The largest absolute Gasteiger partial charge is 0.324 e. The minimum absolute atomic E-state index is 0.0626. The second-order valence-electron chi connectivity index (χ2n) is 5.55. The van der Waals surface area contributed by atoms with E-state index in [2.05, 4.69) is 31.4 Å². The lowest BCUT2D eigenvalue weighted by molar-refractivity contribution is -0.117. The molecule has 3 heteroatoms. The first kappa shape index (κ1) is 13.1. The van der Waals surface area contributed by atoms with E-state index >= 15 is 0 Å². The molecule has 0 aromatic heterocycles. The number of para-hydroxylation sites is 1. The van der Waals surface area contributed by atoms with Gasteiger partial charge in [0, 0.05) is 17.3 Å². The number of anilines is 1. The highest BCUT2D eigenvalue weighted by Crippen LogP contribution is 2.30. The van der Waals surface area contributed by atoms with Crippen LogP contribution in [0.25, 0.3) is 0 Å². The Morgan fingerprint density at radius 2 is 1.94 bits per heavy atom. The first-order valence-corrected chi connectivity index (χ1v) is 6.73. The lowest BCUT2D eigenvalue weighted by atomic mass is 10.0. The Balaban J connectivity index is 1.99. The topological polar surface area (TPSA) is 41.1 Å². The highest BCUT2D eigenvalue weighted by molar-refractivity contribution is 6.02. The molecule has 0 saturated heterocycles. The molecule has 1 aromatic carbocycles. The lowest BCUT2D eigenvalue weighted by Crippen LogP contribution is -2.34. The SMILES string of the molecule is CC(C)CCC(C)NC1C(=O)Nc2ccccc21. The summed E-state index contributed by atoms with van der Waals surface area (Å²) in [6, 6.07) is 8.06. The molecule has 1 aliphatic rings. The maximum atomic E-state index is 11.9. The van der Waals surface area contributed by atoms with Crippen LogP contribution in [0.15, 0.2) is 24.3 Å². The van der Waals surface area contributed by atoms with Gasteiger partial charge in [-0.05, 0) is 31.7 Å². The van der Waals surface area contributed by atoms with Gasteiger partial charge in [-0.15, -0.1) is 0 Å². The Bertz CT molecular complexity index is 428. The molecule has 0 bridgehead atoms. The molecule has 0 radical (unpaired) electrons. The summed E-state index contributed by atoms with van der Waals surface area (Å²) in [5.74, 6) is 0.770. The fourth-order valence-corrected chi connectivity index (χ4v) is 2.33. The van der Waals surface area contributed by atoms with E-state index in [0.29, 0.717) is 12.0 Å². The second kappa shape index (κ2) is 5.53. The van der Waals surface area contributed by atoms with Crippen molar-refractivity contribution in [1.29, 1.82) is 0 Å². The summed E-state index contributed by atoms with van der Waals surface area (Å²) in [6.07, 6.45) is 2.29. The highest BCUT2D eigenvalue weighted by Gasteiger charge is 2.30. The Morgan fingerprint density at radius 1 is 1.22 bits per heavy atom. The molecule has 0 aliphatic carbocycles. The Labute approximate surface area is 109 Å². The number of nitrogens with one attached hydrogen (secondary N) is 2. The van der Waals surface area contributed by atoms with E-state index in [0.717, 1.165) is 17.7 Å². The third-order valence-corrected chi connectivity index (χ3v) is 3.42. The summed E-state index contributed by atoms with van der Waals surface area (Å²) in [6.45, 7) is 6.60. The van der Waals surface area contributed by atoms with Crippen LogP contribution in [-0.4, -0.2) is 11.9 Å². The van der Waals surface area contributed by atoms with E-state index in [1.807, 2.05) is 24.3 Å². The predicted molar refractivity (Wildman–Crippen MR) is 74.5 cm³/mol. The van der Waals surface area contributed by atoms with Gasteiger partial charge in [0.05, 0.1) is 0 Å². The fourth-order valence-electron chi connectivity index (χ4n) is 2.33. The number of carbonyl (C=O) groups is 1. The zero-order valence-electron chi connectivity index (χ0n) is 11.4. The van der Waals surface area contributed by atoms with Crippen LogP contribution in [-0.2, 0) is 4.79 Å². The number of amides is 1. The summed E-state index contributed by atoms with van der Waals surface area (Å²) < 4.78 is 0. The number of fused-ring (bicyclic) bond motifs is 1. The zero-order chi connectivity index (χ0) is 13.1. The molecule has 0 saturated carbocycles. The molecule has 1 amide bonds. The summed E-state index contributed by atoms with van der Waals surface area (Å²) in [5.41, 5.74) is 2.01. The van der Waals surface area contributed by atoms with E-state index in [1.54, 1.807) is 0 Å². The molecular weight excluding hydrogens is 224 g/mol. The molecule has 98 valence electrons. The van der Waals surface area contributed by atoms with Gasteiger partial charge >= 0.3 is 0 Å². The van der Waals surface area contributed by atoms with Gasteiger partial charge in [-0.2, -0.15) is 0 Å². The van der Waals surface area contributed by atoms with Crippen molar-refractivity contribution >= 4 is 11.6 Å². The molecule has 2 atom stereocenters. The molecule has 1 heterocycles. The van der Waals surface area contributed by atoms with Crippen LogP contribution in [0.1, 0.15) is 45.2 Å². The highest BCUT2D eigenvalue weighted by atomic mass is 16.2. The lowest BCUT2D eigenvalue weighted by Gasteiger charge is -2.19. The van der Waals surface area contributed by atoms with Crippen molar-refractivity contribution in [2.45, 2.75) is 45.7 Å². The van der Waals surface area contributed by atoms with E-state index < -0.39 is 0 Å². The molecule has 1 aromatic rings. The number of hydrogen-bond donors (Lipinski definition) is 2. The first-order valence-electron chi connectivity index (χ1n) is 6.73. The van der Waals surface area contributed by atoms with Gasteiger partial charge < -0.3 is 5.32 Å². The Hall–Kier alpha value is -1.35. The van der Waals surface area contributed by atoms with Crippen molar-refractivity contribution < 1.29 is 4.79 Å². The molecule has 1 aliphatic heterocycles. The van der Waals surface area contributed by atoms with Crippen LogP contribution in [0.5, 0.6) is 0 Å². The second-order valence-corrected chi connectivity index (χ2v) is 5.55. The van der Waals surface area contributed by atoms with Crippen molar-refractivity contribution in [3.8, 4) is 0 Å². The van der Waals surface area contributed by atoms with Crippen LogP contribution in [0.3, 0.4) is 0 Å². The minimum atomic E-state index is -0.191. The molecule has 0 spiro atoms. The van der Waals surface area contributed by atoms with Gasteiger partial charge in [0.25, 0.3) is 0 Å². The van der Waals surface area contributed by atoms with Gasteiger partial charge in [0.1, 0.15) is 6.04 Å². The van der Waals surface area contributed by atoms with Crippen LogP contribution in [0.4, 0.5) is 5.69 Å². The third-order valence-electron chi connectivity index (χ3n) is 3.42. The maximum absolute atomic E-state index is 11.9. The quantitative estimate of drug-likeness (QED) is 0.838. The van der Waals surface area contributed by atoms with E-state index in [1.165, 1.54) is 6.42 Å². The Morgan fingerprint density at radius 3 is 2.67 bits per heavy atom. The molecule has 0 fully saturated rings. The summed E-state index contributed by atoms with van der Waals surface area (Å²) in [4.78, 5) is 11.9. The molecular formula is C15H22N2O. The molecule has 3 nitrogen and oxygen atoms in total. The van der Waals surface area contributed by atoms with Gasteiger partial charge in [0.15, 0.2) is 0 Å². The number of benzene rings is 1.